The van der Waals surface area contributed by atoms with Gasteiger partial charge in [0.1, 0.15) is 5.03 Å². The molecule has 3 heteroatoms. The van der Waals surface area contributed by atoms with Gasteiger partial charge in [0.15, 0.2) is 0 Å². The molecule has 15 heavy (non-hydrogen) atoms. The van der Waals surface area contributed by atoms with Gasteiger partial charge in [-0.2, -0.15) is 0 Å². The van der Waals surface area contributed by atoms with Gasteiger partial charge in [-0.3, -0.25) is 0 Å². The zero-order valence-electron chi connectivity index (χ0n) is 9.57. The molecule has 1 aromatic rings. The van der Waals surface area contributed by atoms with Gasteiger partial charge in [-0.25, -0.2) is 4.98 Å². The molecule has 0 aliphatic carbocycles. The first-order chi connectivity index (χ1) is 7.25. The molecule has 0 aliphatic rings. The molecule has 0 unspecified atom stereocenters. The van der Waals surface area contributed by atoms with Crippen molar-refractivity contribution in [3.05, 3.63) is 23.9 Å². The standard InChI is InChI=1S/C12H20N2S/c1-3-4-5-9-15-12-11(10(2)13)7-6-8-14-12/h6-8,10H,3-5,9,13H2,1-2H3/t10-/m1/s1. The molecule has 0 spiro atoms. The summed E-state index contributed by atoms with van der Waals surface area (Å²) in [6, 6.07) is 4.10. The lowest BCUT2D eigenvalue weighted by Crippen LogP contribution is -2.07. The Morgan fingerprint density at radius 3 is 2.93 bits per heavy atom. The van der Waals surface area contributed by atoms with Crippen LogP contribution in [0.4, 0.5) is 0 Å². The Bertz CT molecular complexity index is 287. The molecule has 1 aromatic heterocycles. The molecule has 2 N–H and O–H groups in total. The number of nitrogens with two attached hydrogens (primary N) is 1. The Kier molecular flexibility index (Phi) is 5.73. The quantitative estimate of drug-likeness (QED) is 0.594. The van der Waals surface area contributed by atoms with E-state index in [2.05, 4.69) is 18.0 Å². The summed E-state index contributed by atoms with van der Waals surface area (Å²) in [5.41, 5.74) is 7.06. The number of aromatic nitrogens is 1. The van der Waals surface area contributed by atoms with Crippen LogP contribution >= 0.6 is 11.8 Å². The van der Waals surface area contributed by atoms with E-state index < -0.39 is 0 Å². The SMILES string of the molecule is CCCCCSc1ncccc1[C@@H](C)N. The smallest absolute Gasteiger partial charge is 0.101 e. The average Bonchev–Trinajstić information content (AvgIpc) is 2.25. The number of thioether (sulfide) groups is 1. The summed E-state index contributed by atoms with van der Waals surface area (Å²) in [4.78, 5) is 4.38. The summed E-state index contributed by atoms with van der Waals surface area (Å²) in [5, 5.41) is 1.10. The van der Waals surface area contributed by atoms with Crippen LogP contribution in [0.25, 0.3) is 0 Å². The van der Waals surface area contributed by atoms with Crippen molar-refractivity contribution in [3.8, 4) is 0 Å². The maximum atomic E-state index is 5.89. The number of unbranched alkanes of at least 4 members (excludes halogenated alkanes) is 2. The first kappa shape index (κ1) is 12.5. The molecular weight excluding hydrogens is 204 g/mol. The Balaban J connectivity index is 2.52. The fourth-order valence-electron chi connectivity index (χ4n) is 1.39. The normalized spacial score (nSPS) is 12.7. The lowest BCUT2D eigenvalue weighted by atomic mass is 10.2. The Hall–Kier alpha value is -0.540. The zero-order valence-corrected chi connectivity index (χ0v) is 10.4. The highest BCUT2D eigenvalue weighted by Crippen LogP contribution is 2.24. The van der Waals surface area contributed by atoms with E-state index in [1.165, 1.54) is 24.8 Å². The second-order valence-electron chi connectivity index (χ2n) is 3.74. The minimum absolute atomic E-state index is 0.0763. The summed E-state index contributed by atoms with van der Waals surface area (Å²) < 4.78 is 0. The number of rotatable bonds is 6. The highest BCUT2D eigenvalue weighted by Gasteiger charge is 2.07. The maximum Gasteiger partial charge on any atom is 0.101 e. The second-order valence-corrected chi connectivity index (χ2v) is 4.83. The molecular formula is C12H20N2S. The number of nitrogens with zero attached hydrogens (tertiary/aromatic N) is 1. The molecule has 0 bridgehead atoms. The number of pyridine rings is 1. The summed E-state index contributed by atoms with van der Waals surface area (Å²) in [7, 11) is 0. The highest BCUT2D eigenvalue weighted by atomic mass is 32.2. The van der Waals surface area contributed by atoms with Crippen LogP contribution in [0.5, 0.6) is 0 Å². The van der Waals surface area contributed by atoms with Crippen LogP contribution in [0, 0.1) is 0 Å². The number of hydrogen-bond donors (Lipinski definition) is 1. The van der Waals surface area contributed by atoms with Gasteiger partial charge in [-0.15, -0.1) is 11.8 Å². The van der Waals surface area contributed by atoms with Gasteiger partial charge in [-0.05, 0) is 25.2 Å². The third-order valence-corrected chi connectivity index (χ3v) is 3.39. The minimum atomic E-state index is 0.0763. The van der Waals surface area contributed by atoms with Crippen LogP contribution in [0.2, 0.25) is 0 Å². The molecule has 0 amide bonds. The van der Waals surface area contributed by atoms with Crippen LogP contribution in [0.1, 0.15) is 44.7 Å². The average molecular weight is 224 g/mol. The fourth-order valence-corrected chi connectivity index (χ4v) is 2.49. The van der Waals surface area contributed by atoms with Crippen molar-refractivity contribution in [2.45, 2.75) is 44.2 Å². The molecule has 1 rings (SSSR count). The highest BCUT2D eigenvalue weighted by molar-refractivity contribution is 7.99. The summed E-state index contributed by atoms with van der Waals surface area (Å²) in [5.74, 6) is 1.14. The van der Waals surface area contributed by atoms with Crippen molar-refractivity contribution in [2.24, 2.45) is 5.73 Å². The molecule has 0 aromatic carbocycles. The van der Waals surface area contributed by atoms with Crippen molar-refractivity contribution in [1.29, 1.82) is 0 Å². The van der Waals surface area contributed by atoms with Crippen LogP contribution in [0.3, 0.4) is 0 Å². The molecule has 0 radical (unpaired) electrons. The molecule has 0 saturated carbocycles. The van der Waals surface area contributed by atoms with E-state index in [-0.39, 0.29) is 6.04 Å². The summed E-state index contributed by atoms with van der Waals surface area (Å²) in [6.45, 7) is 4.23. The van der Waals surface area contributed by atoms with Crippen molar-refractivity contribution in [3.63, 3.8) is 0 Å². The number of hydrogen-bond acceptors (Lipinski definition) is 3. The molecule has 1 heterocycles. The van der Waals surface area contributed by atoms with E-state index in [9.17, 15) is 0 Å². The van der Waals surface area contributed by atoms with E-state index in [1.54, 1.807) is 0 Å². The van der Waals surface area contributed by atoms with Gasteiger partial charge < -0.3 is 5.73 Å². The van der Waals surface area contributed by atoms with Crippen LogP contribution < -0.4 is 5.73 Å². The van der Waals surface area contributed by atoms with Gasteiger partial charge in [0, 0.05) is 17.8 Å². The van der Waals surface area contributed by atoms with Crippen molar-refractivity contribution in [1.82, 2.24) is 4.98 Å². The van der Waals surface area contributed by atoms with Gasteiger partial charge in [0.2, 0.25) is 0 Å². The topological polar surface area (TPSA) is 38.9 Å². The predicted octanol–water partition coefficient (Wildman–Crippen LogP) is 3.38. The first-order valence-electron chi connectivity index (χ1n) is 5.59. The van der Waals surface area contributed by atoms with Crippen molar-refractivity contribution in [2.75, 3.05) is 5.75 Å². The Labute approximate surface area is 96.7 Å². The molecule has 2 nitrogen and oxygen atoms in total. The van der Waals surface area contributed by atoms with E-state index in [4.69, 9.17) is 5.73 Å². The monoisotopic (exact) mass is 224 g/mol. The van der Waals surface area contributed by atoms with Gasteiger partial charge >= 0.3 is 0 Å². The zero-order chi connectivity index (χ0) is 11.1. The van der Waals surface area contributed by atoms with Gasteiger partial charge in [0.05, 0.1) is 0 Å². The third kappa shape index (κ3) is 4.22. The lowest BCUT2D eigenvalue weighted by Gasteiger charge is -2.10. The van der Waals surface area contributed by atoms with E-state index >= 15 is 0 Å². The molecule has 0 fully saturated rings. The van der Waals surface area contributed by atoms with E-state index in [0.29, 0.717) is 0 Å². The Morgan fingerprint density at radius 1 is 1.47 bits per heavy atom. The van der Waals surface area contributed by atoms with Crippen molar-refractivity contribution >= 4 is 11.8 Å². The Morgan fingerprint density at radius 2 is 2.27 bits per heavy atom. The van der Waals surface area contributed by atoms with Crippen LogP contribution in [-0.4, -0.2) is 10.7 Å². The summed E-state index contributed by atoms with van der Waals surface area (Å²) in [6.07, 6.45) is 5.67. The minimum Gasteiger partial charge on any atom is -0.324 e. The largest absolute Gasteiger partial charge is 0.324 e. The molecule has 1 atom stereocenters. The van der Waals surface area contributed by atoms with Crippen LogP contribution in [-0.2, 0) is 0 Å². The van der Waals surface area contributed by atoms with E-state index in [1.807, 2.05) is 30.9 Å². The maximum absolute atomic E-state index is 5.89. The fraction of sp³-hybridized carbons (Fsp3) is 0.583. The second kappa shape index (κ2) is 6.85. The van der Waals surface area contributed by atoms with Crippen molar-refractivity contribution < 1.29 is 0 Å². The molecule has 84 valence electrons. The van der Waals surface area contributed by atoms with Gasteiger partial charge in [-0.1, -0.05) is 25.8 Å². The van der Waals surface area contributed by atoms with Gasteiger partial charge in [0.25, 0.3) is 0 Å². The predicted molar refractivity (Wildman–Crippen MR) is 67.1 cm³/mol. The summed E-state index contributed by atoms with van der Waals surface area (Å²) >= 11 is 1.82. The third-order valence-electron chi connectivity index (χ3n) is 2.28. The lowest BCUT2D eigenvalue weighted by molar-refractivity contribution is 0.769. The molecule has 0 aliphatic heterocycles. The van der Waals surface area contributed by atoms with Crippen LogP contribution in [0.15, 0.2) is 23.4 Å². The first-order valence-corrected chi connectivity index (χ1v) is 6.57. The molecule has 0 saturated heterocycles. The van der Waals surface area contributed by atoms with E-state index in [0.717, 1.165) is 10.8 Å².